The molecule has 0 aromatic heterocycles. The average molecular weight is 324 g/mol. The Bertz CT molecular complexity index is 418. The van der Waals surface area contributed by atoms with Crippen molar-refractivity contribution in [3.63, 3.8) is 0 Å². The molecule has 1 saturated carbocycles. The van der Waals surface area contributed by atoms with Crippen LogP contribution in [0.15, 0.2) is 22.7 Å². The second kappa shape index (κ2) is 5.38. The monoisotopic (exact) mass is 323 g/mol. The summed E-state index contributed by atoms with van der Waals surface area (Å²) in [4.78, 5) is 0. The highest BCUT2D eigenvalue weighted by Gasteiger charge is 2.32. The minimum Gasteiger partial charge on any atom is -0.404 e. The van der Waals surface area contributed by atoms with Crippen molar-refractivity contribution >= 4 is 21.6 Å². The molecule has 1 fully saturated rings. The maximum Gasteiger partial charge on any atom is 0.573 e. The number of nitrogens with one attached hydrogen (secondary N) is 1. The van der Waals surface area contributed by atoms with Gasteiger partial charge in [-0.15, -0.1) is 13.2 Å². The first-order valence-electron chi connectivity index (χ1n) is 5.73. The highest BCUT2D eigenvalue weighted by atomic mass is 79.9. The molecule has 0 bridgehead atoms. The number of ether oxygens (including phenoxy) is 1. The lowest BCUT2D eigenvalue weighted by Gasteiger charge is -2.15. The molecule has 0 unspecified atom stereocenters. The van der Waals surface area contributed by atoms with E-state index in [1.807, 2.05) is 0 Å². The molecular weight excluding hydrogens is 311 g/mol. The fourth-order valence-electron chi connectivity index (χ4n) is 1.67. The van der Waals surface area contributed by atoms with Gasteiger partial charge in [-0.25, -0.2) is 0 Å². The Balaban J connectivity index is 2.01. The molecule has 100 valence electrons. The van der Waals surface area contributed by atoms with Gasteiger partial charge in [0.25, 0.3) is 0 Å². The molecule has 1 aliphatic rings. The van der Waals surface area contributed by atoms with E-state index in [1.54, 1.807) is 12.1 Å². The fourth-order valence-corrected chi connectivity index (χ4v) is 2.01. The van der Waals surface area contributed by atoms with Gasteiger partial charge in [0, 0.05) is 11.0 Å². The molecule has 18 heavy (non-hydrogen) atoms. The minimum atomic E-state index is -4.67. The minimum absolute atomic E-state index is 0.201. The lowest BCUT2D eigenvalue weighted by molar-refractivity contribution is -0.274. The summed E-state index contributed by atoms with van der Waals surface area (Å²) in [6.45, 7) is 0.667. The maximum absolute atomic E-state index is 12.2. The van der Waals surface area contributed by atoms with Crippen LogP contribution in [0.3, 0.4) is 0 Å². The summed E-state index contributed by atoms with van der Waals surface area (Å²) in [7, 11) is 0. The predicted molar refractivity (Wildman–Crippen MR) is 66.7 cm³/mol. The quantitative estimate of drug-likeness (QED) is 0.857. The molecule has 1 aliphatic carbocycles. The van der Waals surface area contributed by atoms with Crippen molar-refractivity contribution in [3.8, 4) is 5.75 Å². The summed E-state index contributed by atoms with van der Waals surface area (Å²) in [6, 6.07) is 4.58. The topological polar surface area (TPSA) is 21.3 Å². The van der Waals surface area contributed by atoms with Crippen LogP contribution in [0.2, 0.25) is 0 Å². The van der Waals surface area contributed by atoms with Crippen molar-refractivity contribution in [1.82, 2.24) is 0 Å². The third-order valence-electron chi connectivity index (χ3n) is 2.73. The van der Waals surface area contributed by atoms with Crippen LogP contribution in [0.25, 0.3) is 0 Å². The van der Waals surface area contributed by atoms with Crippen LogP contribution < -0.4 is 10.1 Å². The summed E-state index contributed by atoms with van der Waals surface area (Å²) in [6.07, 6.45) is -1.23. The number of anilines is 1. The van der Waals surface area contributed by atoms with Gasteiger partial charge in [0.1, 0.15) is 0 Å². The molecule has 0 aliphatic heterocycles. The van der Waals surface area contributed by atoms with Crippen LogP contribution in [-0.2, 0) is 0 Å². The lowest BCUT2D eigenvalue weighted by atomic mass is 10.2. The van der Waals surface area contributed by atoms with E-state index in [-0.39, 0.29) is 5.75 Å². The number of alkyl halides is 3. The Morgan fingerprint density at radius 2 is 2.06 bits per heavy atom. The van der Waals surface area contributed by atoms with Gasteiger partial charge in [-0.05, 0) is 30.5 Å². The molecule has 2 rings (SSSR count). The number of halogens is 4. The van der Waals surface area contributed by atoms with E-state index in [4.69, 9.17) is 0 Å². The highest BCUT2D eigenvalue weighted by molar-refractivity contribution is 9.10. The van der Waals surface area contributed by atoms with E-state index in [9.17, 15) is 13.2 Å². The number of rotatable bonds is 5. The molecule has 0 saturated heterocycles. The van der Waals surface area contributed by atoms with Crippen LogP contribution in [0.4, 0.5) is 18.9 Å². The lowest BCUT2D eigenvalue weighted by Crippen LogP contribution is -2.18. The Morgan fingerprint density at radius 1 is 1.33 bits per heavy atom. The van der Waals surface area contributed by atoms with Gasteiger partial charge in [0.15, 0.2) is 5.75 Å². The molecule has 6 heteroatoms. The van der Waals surface area contributed by atoms with Crippen molar-refractivity contribution in [2.24, 2.45) is 5.92 Å². The van der Waals surface area contributed by atoms with Gasteiger partial charge in [-0.3, -0.25) is 0 Å². The predicted octanol–water partition coefficient (Wildman–Crippen LogP) is 4.56. The molecule has 0 radical (unpaired) electrons. The zero-order chi connectivity index (χ0) is 13.2. The van der Waals surface area contributed by atoms with Gasteiger partial charge < -0.3 is 10.1 Å². The van der Waals surface area contributed by atoms with Crippen LogP contribution >= 0.6 is 15.9 Å². The van der Waals surface area contributed by atoms with Gasteiger partial charge in [0.05, 0.1) is 5.69 Å². The second-order valence-corrected chi connectivity index (χ2v) is 5.26. The SMILES string of the molecule is FC(F)(F)Oc1cc(Br)ccc1NCCC1CC1. The molecule has 0 atom stereocenters. The number of hydrogen-bond acceptors (Lipinski definition) is 2. The zero-order valence-corrected chi connectivity index (χ0v) is 11.1. The molecular formula is C12H13BrF3NO. The smallest absolute Gasteiger partial charge is 0.404 e. The van der Waals surface area contributed by atoms with E-state index in [1.165, 1.54) is 18.9 Å². The first kappa shape index (κ1) is 13.5. The van der Waals surface area contributed by atoms with E-state index in [0.29, 0.717) is 16.7 Å². The van der Waals surface area contributed by atoms with Crippen molar-refractivity contribution in [2.75, 3.05) is 11.9 Å². The number of hydrogen-bond donors (Lipinski definition) is 1. The van der Waals surface area contributed by atoms with E-state index in [2.05, 4.69) is 26.0 Å². The first-order chi connectivity index (χ1) is 8.44. The summed E-state index contributed by atoms with van der Waals surface area (Å²) >= 11 is 3.13. The second-order valence-electron chi connectivity index (χ2n) is 4.35. The summed E-state index contributed by atoms with van der Waals surface area (Å²) in [5.41, 5.74) is 0.371. The van der Waals surface area contributed by atoms with Gasteiger partial charge in [0.2, 0.25) is 0 Å². The summed E-state index contributed by atoms with van der Waals surface area (Å²) in [5, 5.41) is 2.99. The first-order valence-corrected chi connectivity index (χ1v) is 6.52. The Hall–Kier alpha value is -0.910. The molecule has 0 amide bonds. The zero-order valence-electron chi connectivity index (χ0n) is 9.56. The van der Waals surface area contributed by atoms with Crippen LogP contribution in [-0.4, -0.2) is 12.9 Å². The molecule has 1 aromatic rings. The fraction of sp³-hybridized carbons (Fsp3) is 0.500. The third-order valence-corrected chi connectivity index (χ3v) is 3.23. The average Bonchev–Trinajstić information content (AvgIpc) is 3.03. The van der Waals surface area contributed by atoms with Gasteiger partial charge in [-0.2, -0.15) is 0 Å². The van der Waals surface area contributed by atoms with Crippen LogP contribution in [0.1, 0.15) is 19.3 Å². The van der Waals surface area contributed by atoms with Crippen molar-refractivity contribution in [3.05, 3.63) is 22.7 Å². The van der Waals surface area contributed by atoms with Crippen LogP contribution in [0, 0.1) is 5.92 Å². The van der Waals surface area contributed by atoms with E-state index < -0.39 is 6.36 Å². The molecule has 1 aromatic carbocycles. The van der Waals surface area contributed by atoms with E-state index in [0.717, 1.165) is 12.3 Å². The number of benzene rings is 1. The maximum atomic E-state index is 12.2. The van der Waals surface area contributed by atoms with Gasteiger partial charge >= 0.3 is 6.36 Å². The van der Waals surface area contributed by atoms with Crippen molar-refractivity contribution in [1.29, 1.82) is 0 Å². The summed E-state index contributed by atoms with van der Waals surface area (Å²) < 4.78 is 41.3. The molecule has 0 heterocycles. The standard InChI is InChI=1S/C12H13BrF3NO/c13-9-3-4-10(17-6-5-8-1-2-8)11(7-9)18-12(14,15)16/h3-4,7-8,17H,1-2,5-6H2. The van der Waals surface area contributed by atoms with Crippen molar-refractivity contribution in [2.45, 2.75) is 25.6 Å². The normalized spacial score (nSPS) is 15.6. The van der Waals surface area contributed by atoms with E-state index >= 15 is 0 Å². The van der Waals surface area contributed by atoms with Crippen molar-refractivity contribution < 1.29 is 17.9 Å². The van der Waals surface area contributed by atoms with Gasteiger partial charge in [-0.1, -0.05) is 28.8 Å². The summed E-state index contributed by atoms with van der Waals surface area (Å²) in [5.74, 6) is 0.535. The Kier molecular flexibility index (Phi) is 4.04. The largest absolute Gasteiger partial charge is 0.573 e. The molecule has 1 N–H and O–H groups in total. The molecule has 2 nitrogen and oxygen atoms in total. The Morgan fingerprint density at radius 3 is 2.67 bits per heavy atom. The Labute approximate surface area is 112 Å². The molecule has 0 spiro atoms. The van der Waals surface area contributed by atoms with Crippen LogP contribution in [0.5, 0.6) is 5.75 Å². The highest BCUT2D eigenvalue weighted by Crippen LogP contribution is 2.35. The third kappa shape index (κ3) is 4.40.